The largest absolute Gasteiger partial charge is 0.339 e. The molecule has 7 heteroatoms. The Bertz CT molecular complexity index is 619. The van der Waals surface area contributed by atoms with Gasteiger partial charge >= 0.3 is 4.87 Å². The van der Waals surface area contributed by atoms with Crippen LogP contribution < -0.4 is 4.87 Å². The molecule has 1 aromatic rings. The van der Waals surface area contributed by atoms with Crippen LogP contribution in [0.4, 0.5) is 0 Å². The third-order valence-electron chi connectivity index (χ3n) is 3.83. The third kappa shape index (κ3) is 3.58. The summed E-state index contributed by atoms with van der Waals surface area (Å²) in [6.07, 6.45) is 0. The van der Waals surface area contributed by atoms with Gasteiger partial charge in [0.15, 0.2) is 0 Å². The highest BCUT2D eigenvalue weighted by atomic mass is 32.1. The minimum Gasteiger partial charge on any atom is -0.339 e. The van der Waals surface area contributed by atoms with Crippen molar-refractivity contribution in [3.8, 4) is 0 Å². The summed E-state index contributed by atoms with van der Waals surface area (Å²) in [5, 5.41) is 1.76. The number of nitrogens with zero attached hydrogens (tertiary/aromatic N) is 3. The number of hydrogen-bond donors (Lipinski definition) is 0. The average Bonchev–Trinajstić information content (AvgIpc) is 2.77. The summed E-state index contributed by atoms with van der Waals surface area (Å²) in [7, 11) is 0. The van der Waals surface area contributed by atoms with Gasteiger partial charge in [-0.2, -0.15) is 0 Å². The van der Waals surface area contributed by atoms with Crippen molar-refractivity contribution in [3.05, 3.63) is 20.7 Å². The second-order valence-corrected chi connectivity index (χ2v) is 7.47. The molecule has 0 aliphatic carbocycles. The summed E-state index contributed by atoms with van der Waals surface area (Å²) in [6.45, 7) is 9.78. The highest BCUT2D eigenvalue weighted by Gasteiger charge is 2.30. The van der Waals surface area contributed by atoms with Crippen LogP contribution in [0, 0.1) is 12.3 Å². The molecule has 0 radical (unpaired) electrons. The molecule has 6 nitrogen and oxygen atoms in total. The maximum absolute atomic E-state index is 12.3. The SMILES string of the molecule is Cc1csc(=O)n1CC(=O)N1CCN(C(=O)C(C)(C)C)CC1. The molecule has 0 saturated carbocycles. The van der Waals surface area contributed by atoms with Gasteiger partial charge in [-0.3, -0.25) is 19.0 Å². The van der Waals surface area contributed by atoms with E-state index in [0.29, 0.717) is 26.2 Å². The highest BCUT2D eigenvalue weighted by Crippen LogP contribution is 2.18. The molecule has 0 unspecified atom stereocenters. The van der Waals surface area contributed by atoms with Crippen LogP contribution in [0.2, 0.25) is 0 Å². The first kappa shape index (κ1) is 16.7. The number of aromatic nitrogens is 1. The molecular weight excluding hydrogens is 302 g/mol. The quantitative estimate of drug-likeness (QED) is 0.813. The molecule has 1 aliphatic rings. The molecule has 22 heavy (non-hydrogen) atoms. The standard InChI is InChI=1S/C15H23N3O3S/c1-11-10-22-14(21)18(11)9-12(19)16-5-7-17(8-6-16)13(20)15(2,3)4/h10H,5-9H2,1-4H3. The molecule has 2 rings (SSSR count). The number of carbonyl (C=O) groups is 2. The van der Waals surface area contributed by atoms with Crippen molar-refractivity contribution in [1.82, 2.24) is 14.4 Å². The molecule has 0 aromatic carbocycles. The van der Waals surface area contributed by atoms with Crippen molar-refractivity contribution in [2.24, 2.45) is 5.41 Å². The molecule has 1 fully saturated rings. The maximum atomic E-state index is 12.3. The molecule has 0 atom stereocenters. The second-order valence-electron chi connectivity index (χ2n) is 6.65. The molecule has 1 aromatic heterocycles. The molecule has 1 aliphatic heterocycles. The number of hydrogen-bond acceptors (Lipinski definition) is 4. The Morgan fingerprint density at radius 2 is 1.68 bits per heavy atom. The molecule has 2 heterocycles. The van der Waals surface area contributed by atoms with Crippen molar-refractivity contribution < 1.29 is 9.59 Å². The summed E-state index contributed by atoms with van der Waals surface area (Å²) in [5.41, 5.74) is 0.415. The molecule has 0 bridgehead atoms. The highest BCUT2D eigenvalue weighted by molar-refractivity contribution is 7.07. The van der Waals surface area contributed by atoms with E-state index in [1.165, 1.54) is 4.57 Å². The minimum absolute atomic E-state index is 0.0635. The van der Waals surface area contributed by atoms with Gasteiger partial charge in [-0.1, -0.05) is 32.1 Å². The van der Waals surface area contributed by atoms with Gasteiger partial charge in [0.2, 0.25) is 11.8 Å². The topological polar surface area (TPSA) is 62.6 Å². The number of carbonyl (C=O) groups excluding carboxylic acids is 2. The van der Waals surface area contributed by atoms with E-state index in [9.17, 15) is 14.4 Å². The van der Waals surface area contributed by atoms with Crippen LogP contribution in [0.5, 0.6) is 0 Å². The summed E-state index contributed by atoms with van der Waals surface area (Å²) < 4.78 is 1.50. The Morgan fingerprint density at radius 3 is 2.14 bits per heavy atom. The van der Waals surface area contributed by atoms with Crippen molar-refractivity contribution in [3.63, 3.8) is 0 Å². The van der Waals surface area contributed by atoms with Crippen LogP contribution in [0.25, 0.3) is 0 Å². The zero-order valence-corrected chi connectivity index (χ0v) is 14.4. The van der Waals surface area contributed by atoms with Crippen LogP contribution in [-0.4, -0.2) is 52.4 Å². The fourth-order valence-corrected chi connectivity index (χ4v) is 3.20. The average molecular weight is 325 g/mol. The van der Waals surface area contributed by atoms with E-state index < -0.39 is 5.41 Å². The molecule has 122 valence electrons. The van der Waals surface area contributed by atoms with Gasteiger partial charge in [-0.05, 0) is 6.92 Å². The molecule has 2 amide bonds. The lowest BCUT2D eigenvalue weighted by molar-refractivity contribution is -0.145. The molecule has 0 N–H and O–H groups in total. The van der Waals surface area contributed by atoms with Crippen LogP contribution in [-0.2, 0) is 16.1 Å². The van der Waals surface area contributed by atoms with E-state index in [1.54, 1.807) is 10.3 Å². The zero-order chi connectivity index (χ0) is 16.5. The van der Waals surface area contributed by atoms with Gasteiger partial charge < -0.3 is 9.80 Å². The van der Waals surface area contributed by atoms with Crippen molar-refractivity contribution in [2.75, 3.05) is 26.2 Å². The number of piperazine rings is 1. The predicted molar refractivity (Wildman–Crippen MR) is 85.9 cm³/mol. The molecule has 0 spiro atoms. The van der Waals surface area contributed by atoms with Crippen molar-refractivity contribution >= 4 is 23.2 Å². The first-order chi connectivity index (χ1) is 10.2. The molecular formula is C15H23N3O3S. The van der Waals surface area contributed by atoms with Gasteiger partial charge in [0.05, 0.1) is 0 Å². The second kappa shape index (κ2) is 6.24. The Kier molecular flexibility index (Phi) is 4.75. The van der Waals surface area contributed by atoms with Gasteiger partial charge in [0.1, 0.15) is 6.54 Å². The summed E-state index contributed by atoms with van der Waals surface area (Å²) >= 11 is 1.11. The van der Waals surface area contributed by atoms with Crippen LogP contribution in [0.1, 0.15) is 26.5 Å². The van der Waals surface area contributed by atoms with Gasteiger partial charge in [0, 0.05) is 42.7 Å². The Hall–Kier alpha value is -1.63. The van der Waals surface area contributed by atoms with E-state index in [0.717, 1.165) is 17.0 Å². The van der Waals surface area contributed by atoms with Crippen LogP contribution in [0.15, 0.2) is 10.2 Å². The normalized spacial score (nSPS) is 16.0. The summed E-state index contributed by atoms with van der Waals surface area (Å²) in [6, 6.07) is 0. The lowest BCUT2D eigenvalue weighted by Gasteiger charge is -2.37. The van der Waals surface area contributed by atoms with Crippen molar-refractivity contribution in [2.45, 2.75) is 34.2 Å². The number of thiazole rings is 1. The lowest BCUT2D eigenvalue weighted by atomic mass is 9.94. The third-order valence-corrected chi connectivity index (χ3v) is 4.71. The van der Waals surface area contributed by atoms with Gasteiger partial charge in [-0.15, -0.1) is 0 Å². The number of amides is 2. The number of rotatable bonds is 2. The summed E-state index contributed by atoms with van der Waals surface area (Å²) in [4.78, 5) is 39.6. The van der Waals surface area contributed by atoms with E-state index in [-0.39, 0.29) is 23.2 Å². The zero-order valence-electron chi connectivity index (χ0n) is 13.6. The first-order valence-electron chi connectivity index (χ1n) is 7.42. The summed E-state index contributed by atoms with van der Waals surface area (Å²) in [5.74, 6) is 0.0518. The minimum atomic E-state index is -0.396. The van der Waals surface area contributed by atoms with Crippen LogP contribution >= 0.6 is 11.3 Å². The monoisotopic (exact) mass is 325 g/mol. The smallest absolute Gasteiger partial charge is 0.307 e. The lowest BCUT2D eigenvalue weighted by Crippen LogP contribution is -2.53. The van der Waals surface area contributed by atoms with E-state index >= 15 is 0 Å². The van der Waals surface area contributed by atoms with E-state index in [2.05, 4.69) is 0 Å². The van der Waals surface area contributed by atoms with Crippen LogP contribution in [0.3, 0.4) is 0 Å². The van der Waals surface area contributed by atoms with E-state index in [4.69, 9.17) is 0 Å². The fourth-order valence-electron chi connectivity index (χ4n) is 2.46. The van der Waals surface area contributed by atoms with E-state index in [1.807, 2.05) is 32.6 Å². The fraction of sp³-hybridized carbons (Fsp3) is 0.667. The molecule has 1 saturated heterocycles. The van der Waals surface area contributed by atoms with Crippen molar-refractivity contribution in [1.29, 1.82) is 0 Å². The van der Waals surface area contributed by atoms with Gasteiger partial charge in [-0.25, -0.2) is 0 Å². The number of aryl methyl sites for hydroxylation is 1. The predicted octanol–water partition coefficient (Wildman–Crippen LogP) is 0.935. The Labute approximate surface area is 134 Å². The maximum Gasteiger partial charge on any atom is 0.307 e. The Morgan fingerprint density at radius 1 is 1.14 bits per heavy atom. The first-order valence-corrected chi connectivity index (χ1v) is 8.30. The Balaban J connectivity index is 1.93. The van der Waals surface area contributed by atoms with Gasteiger partial charge in [0.25, 0.3) is 0 Å².